The van der Waals surface area contributed by atoms with Gasteiger partial charge in [-0.25, -0.2) is 4.98 Å². The number of aromatic nitrogens is 2. The number of aryl methyl sites for hydroxylation is 1. The number of carbonyl (C=O) groups is 1. The molecule has 5 nitrogen and oxygen atoms in total. The van der Waals surface area contributed by atoms with Crippen LogP contribution in [0.4, 0.5) is 0 Å². The summed E-state index contributed by atoms with van der Waals surface area (Å²) in [4.78, 5) is 16.5. The van der Waals surface area contributed by atoms with Crippen molar-refractivity contribution in [1.82, 2.24) is 20.0 Å². The van der Waals surface area contributed by atoms with E-state index in [1.54, 1.807) is 0 Å². The molecule has 2 aromatic heterocycles. The van der Waals surface area contributed by atoms with Crippen molar-refractivity contribution in [3.63, 3.8) is 0 Å². The molecule has 3 rings (SSSR count). The van der Waals surface area contributed by atoms with Gasteiger partial charge in [0, 0.05) is 19.3 Å². The number of fused-ring (bicyclic) bond motifs is 1. The Kier molecular flexibility index (Phi) is 3.69. The maximum atomic E-state index is 11.9. The SMILES string of the molecule is Cc1nc2ccccn2c1CNC1CCCCNC1=O. The summed E-state index contributed by atoms with van der Waals surface area (Å²) in [7, 11) is 0. The molecule has 1 fully saturated rings. The lowest BCUT2D eigenvalue weighted by Crippen LogP contribution is -2.42. The van der Waals surface area contributed by atoms with Crippen molar-refractivity contribution >= 4 is 11.6 Å². The summed E-state index contributed by atoms with van der Waals surface area (Å²) in [6.07, 6.45) is 5.07. The van der Waals surface area contributed by atoms with E-state index in [0.717, 1.165) is 42.8 Å². The molecule has 1 unspecified atom stereocenters. The number of imidazole rings is 1. The third kappa shape index (κ3) is 2.54. The molecule has 1 saturated heterocycles. The Bertz CT molecular complexity index is 619. The number of carbonyl (C=O) groups excluding carboxylic acids is 1. The first-order valence-corrected chi connectivity index (χ1v) is 7.19. The molecular formula is C15H20N4O. The van der Waals surface area contributed by atoms with Gasteiger partial charge in [-0.1, -0.05) is 6.07 Å². The van der Waals surface area contributed by atoms with Gasteiger partial charge in [-0.15, -0.1) is 0 Å². The van der Waals surface area contributed by atoms with Crippen LogP contribution in [0.1, 0.15) is 30.7 Å². The van der Waals surface area contributed by atoms with Crippen molar-refractivity contribution in [2.24, 2.45) is 0 Å². The number of rotatable bonds is 3. The van der Waals surface area contributed by atoms with Gasteiger partial charge in [-0.3, -0.25) is 4.79 Å². The van der Waals surface area contributed by atoms with Crippen molar-refractivity contribution in [1.29, 1.82) is 0 Å². The van der Waals surface area contributed by atoms with Gasteiger partial charge in [-0.05, 0) is 38.3 Å². The zero-order valence-electron chi connectivity index (χ0n) is 11.7. The van der Waals surface area contributed by atoms with E-state index in [0.29, 0.717) is 6.54 Å². The predicted molar refractivity (Wildman–Crippen MR) is 77.4 cm³/mol. The lowest BCUT2D eigenvalue weighted by atomic mass is 10.1. The fourth-order valence-electron chi connectivity index (χ4n) is 2.73. The van der Waals surface area contributed by atoms with Crippen molar-refractivity contribution < 1.29 is 4.79 Å². The van der Waals surface area contributed by atoms with Crippen LogP contribution in [-0.4, -0.2) is 27.9 Å². The first kappa shape index (κ1) is 13.1. The second kappa shape index (κ2) is 5.63. The van der Waals surface area contributed by atoms with Gasteiger partial charge in [0.2, 0.25) is 5.91 Å². The largest absolute Gasteiger partial charge is 0.355 e. The number of amides is 1. The summed E-state index contributed by atoms with van der Waals surface area (Å²) in [5, 5.41) is 6.33. The van der Waals surface area contributed by atoms with Gasteiger partial charge in [-0.2, -0.15) is 0 Å². The molecule has 2 aromatic rings. The predicted octanol–water partition coefficient (Wildman–Crippen LogP) is 1.40. The Hall–Kier alpha value is -1.88. The highest BCUT2D eigenvalue weighted by atomic mass is 16.2. The summed E-state index contributed by atoms with van der Waals surface area (Å²) in [6.45, 7) is 3.47. The van der Waals surface area contributed by atoms with Crippen LogP contribution in [0.2, 0.25) is 0 Å². The van der Waals surface area contributed by atoms with E-state index in [2.05, 4.69) is 20.0 Å². The number of hydrogen-bond acceptors (Lipinski definition) is 3. The third-order valence-corrected chi connectivity index (χ3v) is 3.88. The van der Waals surface area contributed by atoms with Gasteiger partial charge in [0.15, 0.2) is 0 Å². The maximum Gasteiger partial charge on any atom is 0.237 e. The highest BCUT2D eigenvalue weighted by molar-refractivity contribution is 5.81. The maximum absolute atomic E-state index is 11.9. The van der Waals surface area contributed by atoms with Crippen molar-refractivity contribution in [2.75, 3.05) is 6.54 Å². The van der Waals surface area contributed by atoms with Crippen molar-refractivity contribution in [3.8, 4) is 0 Å². The molecule has 1 aliphatic heterocycles. The Morgan fingerprint density at radius 3 is 3.25 bits per heavy atom. The van der Waals surface area contributed by atoms with Crippen molar-refractivity contribution in [3.05, 3.63) is 35.8 Å². The average molecular weight is 272 g/mol. The lowest BCUT2D eigenvalue weighted by molar-refractivity contribution is -0.122. The standard InChI is InChI=1S/C15H20N4O/c1-11-13(19-9-5-3-7-14(19)18-11)10-17-12-6-2-4-8-16-15(12)20/h3,5,7,9,12,17H,2,4,6,8,10H2,1H3,(H,16,20). The second-order valence-corrected chi connectivity index (χ2v) is 5.29. The van der Waals surface area contributed by atoms with Crippen molar-refractivity contribution in [2.45, 2.75) is 38.8 Å². The zero-order valence-corrected chi connectivity index (χ0v) is 11.7. The first-order chi connectivity index (χ1) is 9.75. The summed E-state index contributed by atoms with van der Waals surface area (Å²) < 4.78 is 2.08. The Labute approximate surface area is 118 Å². The minimum Gasteiger partial charge on any atom is -0.355 e. The lowest BCUT2D eigenvalue weighted by Gasteiger charge is -2.15. The van der Waals surface area contributed by atoms with E-state index in [9.17, 15) is 4.79 Å². The highest BCUT2D eigenvalue weighted by Gasteiger charge is 2.20. The van der Waals surface area contributed by atoms with Gasteiger partial charge in [0.05, 0.1) is 17.4 Å². The second-order valence-electron chi connectivity index (χ2n) is 5.29. The molecule has 0 radical (unpaired) electrons. The van der Waals surface area contributed by atoms with Crippen LogP contribution in [-0.2, 0) is 11.3 Å². The normalized spacial score (nSPS) is 19.9. The Balaban J connectivity index is 1.76. The van der Waals surface area contributed by atoms with Crippen LogP contribution < -0.4 is 10.6 Å². The molecule has 1 aliphatic rings. The first-order valence-electron chi connectivity index (χ1n) is 7.19. The van der Waals surface area contributed by atoms with Crippen LogP contribution in [0.5, 0.6) is 0 Å². The Morgan fingerprint density at radius 1 is 1.45 bits per heavy atom. The zero-order chi connectivity index (χ0) is 13.9. The molecule has 5 heteroatoms. The number of pyridine rings is 1. The van der Waals surface area contributed by atoms with E-state index in [-0.39, 0.29) is 11.9 Å². The number of nitrogens with one attached hydrogen (secondary N) is 2. The van der Waals surface area contributed by atoms with E-state index < -0.39 is 0 Å². The molecule has 0 bridgehead atoms. The van der Waals surface area contributed by atoms with Gasteiger partial charge < -0.3 is 15.0 Å². The van der Waals surface area contributed by atoms with E-state index in [1.165, 1.54) is 0 Å². The van der Waals surface area contributed by atoms with E-state index in [4.69, 9.17) is 0 Å². The van der Waals surface area contributed by atoms with Crippen LogP contribution in [0.25, 0.3) is 5.65 Å². The monoisotopic (exact) mass is 272 g/mol. The summed E-state index contributed by atoms with van der Waals surface area (Å²) >= 11 is 0. The molecular weight excluding hydrogens is 252 g/mol. The smallest absolute Gasteiger partial charge is 0.237 e. The Morgan fingerprint density at radius 2 is 2.35 bits per heavy atom. The summed E-state index contributed by atoms with van der Waals surface area (Å²) in [5.41, 5.74) is 3.09. The minimum absolute atomic E-state index is 0.0915. The fourth-order valence-corrected chi connectivity index (χ4v) is 2.73. The molecule has 0 aromatic carbocycles. The molecule has 0 aliphatic carbocycles. The molecule has 0 saturated carbocycles. The average Bonchev–Trinajstić information content (AvgIpc) is 2.62. The fraction of sp³-hybridized carbons (Fsp3) is 0.467. The quantitative estimate of drug-likeness (QED) is 0.888. The highest BCUT2D eigenvalue weighted by Crippen LogP contribution is 2.13. The third-order valence-electron chi connectivity index (χ3n) is 3.88. The van der Waals surface area contributed by atoms with Gasteiger partial charge >= 0.3 is 0 Å². The topological polar surface area (TPSA) is 58.4 Å². The minimum atomic E-state index is -0.0915. The van der Waals surface area contributed by atoms with Gasteiger partial charge in [0.25, 0.3) is 0 Å². The van der Waals surface area contributed by atoms with Crippen LogP contribution in [0.15, 0.2) is 24.4 Å². The van der Waals surface area contributed by atoms with Crippen LogP contribution >= 0.6 is 0 Å². The molecule has 1 atom stereocenters. The van der Waals surface area contributed by atoms with E-state index in [1.807, 2.05) is 31.3 Å². The van der Waals surface area contributed by atoms with Crippen LogP contribution in [0.3, 0.4) is 0 Å². The van der Waals surface area contributed by atoms with Gasteiger partial charge in [0.1, 0.15) is 5.65 Å². The van der Waals surface area contributed by atoms with Crippen LogP contribution in [0, 0.1) is 6.92 Å². The summed E-state index contributed by atoms with van der Waals surface area (Å²) in [5.74, 6) is 0.119. The molecule has 106 valence electrons. The molecule has 0 spiro atoms. The van der Waals surface area contributed by atoms with E-state index >= 15 is 0 Å². The molecule has 2 N–H and O–H groups in total. The number of nitrogens with zero attached hydrogens (tertiary/aromatic N) is 2. The molecule has 1 amide bonds. The summed E-state index contributed by atoms with van der Waals surface area (Å²) in [6, 6.07) is 5.88. The molecule has 3 heterocycles. The molecule has 20 heavy (non-hydrogen) atoms. The number of hydrogen-bond donors (Lipinski definition) is 2.